The van der Waals surface area contributed by atoms with E-state index in [1.54, 1.807) is 0 Å². The van der Waals surface area contributed by atoms with Crippen molar-refractivity contribution in [3.63, 3.8) is 0 Å². The van der Waals surface area contributed by atoms with Gasteiger partial charge in [-0.2, -0.15) is 0 Å². The second kappa shape index (κ2) is 12.1. The maximum absolute atomic E-state index is 15.0. The topological polar surface area (TPSA) is 72.2 Å². The van der Waals surface area contributed by atoms with Crippen molar-refractivity contribution in [2.45, 2.75) is 17.0 Å². The van der Waals surface area contributed by atoms with Crippen LogP contribution in [0.3, 0.4) is 0 Å². The molecule has 7 aromatic carbocycles. The second-order valence-corrected chi connectivity index (χ2v) is 12.8. The summed E-state index contributed by atoms with van der Waals surface area (Å²) in [4.78, 5) is 0.220. The van der Waals surface area contributed by atoms with Crippen LogP contribution in [0.25, 0.3) is 43.8 Å². The average molecular weight is 605 g/mol. The van der Waals surface area contributed by atoms with Gasteiger partial charge in [-0.3, -0.25) is 0 Å². The number of hydrogen-bond donors (Lipinski definition) is 2. The number of nitrogens with one attached hydrogen (secondary N) is 1. The van der Waals surface area contributed by atoms with Gasteiger partial charge in [0.25, 0.3) is 0 Å². The SMILES string of the molecule is N[C@@H](c1cccc2ccccc12)[C@@H](NS(=O)(=O)c1c(-c2ccccc2)cccc1-c1ccccc1)c1cccc2ccccc12. The molecule has 0 saturated heterocycles. The van der Waals surface area contributed by atoms with Gasteiger partial charge in [0.2, 0.25) is 10.0 Å². The van der Waals surface area contributed by atoms with Crippen LogP contribution < -0.4 is 10.5 Å². The van der Waals surface area contributed by atoms with Crippen molar-refractivity contribution in [1.29, 1.82) is 0 Å². The Morgan fingerprint density at radius 3 is 1.44 bits per heavy atom. The summed E-state index contributed by atoms with van der Waals surface area (Å²) in [6.45, 7) is 0. The lowest BCUT2D eigenvalue weighted by atomic mass is 9.89. The van der Waals surface area contributed by atoms with Gasteiger partial charge < -0.3 is 5.73 Å². The molecule has 220 valence electrons. The van der Waals surface area contributed by atoms with E-state index in [0.717, 1.165) is 43.8 Å². The predicted molar refractivity (Wildman–Crippen MR) is 185 cm³/mol. The molecule has 0 fully saturated rings. The maximum atomic E-state index is 15.0. The molecular formula is C40H32N2O2S. The molecule has 7 rings (SSSR count). The van der Waals surface area contributed by atoms with E-state index < -0.39 is 22.1 Å². The number of sulfonamides is 1. The van der Waals surface area contributed by atoms with Crippen LogP contribution in [0.15, 0.2) is 169 Å². The summed E-state index contributed by atoms with van der Waals surface area (Å²) >= 11 is 0. The lowest BCUT2D eigenvalue weighted by Gasteiger charge is -2.29. The third kappa shape index (κ3) is 5.54. The molecule has 0 aromatic heterocycles. The highest BCUT2D eigenvalue weighted by atomic mass is 32.2. The molecule has 0 spiro atoms. The van der Waals surface area contributed by atoms with Crippen molar-refractivity contribution >= 4 is 31.6 Å². The van der Waals surface area contributed by atoms with E-state index in [2.05, 4.69) is 4.72 Å². The second-order valence-electron chi connectivity index (χ2n) is 11.2. The quantitative estimate of drug-likeness (QED) is 0.182. The highest BCUT2D eigenvalue weighted by Gasteiger charge is 2.32. The molecule has 2 atom stereocenters. The highest BCUT2D eigenvalue weighted by Crippen LogP contribution is 2.40. The van der Waals surface area contributed by atoms with Gasteiger partial charge in [0.05, 0.1) is 17.0 Å². The van der Waals surface area contributed by atoms with Crippen molar-refractivity contribution in [3.8, 4) is 22.3 Å². The summed E-state index contributed by atoms with van der Waals surface area (Å²) in [5, 5.41) is 4.00. The molecule has 0 aliphatic heterocycles. The minimum absolute atomic E-state index is 0.220. The number of rotatable bonds is 8. The lowest BCUT2D eigenvalue weighted by Crippen LogP contribution is -2.36. The van der Waals surface area contributed by atoms with Crippen molar-refractivity contribution < 1.29 is 8.42 Å². The third-order valence-electron chi connectivity index (χ3n) is 8.44. The first-order valence-corrected chi connectivity index (χ1v) is 16.5. The number of benzene rings is 7. The van der Waals surface area contributed by atoms with Crippen LogP contribution in [0, 0.1) is 0 Å². The van der Waals surface area contributed by atoms with Gasteiger partial charge in [0.15, 0.2) is 0 Å². The van der Waals surface area contributed by atoms with Crippen molar-refractivity contribution in [3.05, 3.63) is 175 Å². The fourth-order valence-corrected chi connectivity index (χ4v) is 7.99. The molecule has 0 amide bonds. The van der Waals surface area contributed by atoms with E-state index in [0.29, 0.717) is 11.1 Å². The number of hydrogen-bond acceptors (Lipinski definition) is 3. The largest absolute Gasteiger partial charge is 0.322 e. The van der Waals surface area contributed by atoms with E-state index in [1.165, 1.54) is 0 Å². The van der Waals surface area contributed by atoms with Crippen LogP contribution in [0.5, 0.6) is 0 Å². The van der Waals surface area contributed by atoms with Crippen LogP contribution >= 0.6 is 0 Å². The molecule has 0 unspecified atom stereocenters. The minimum Gasteiger partial charge on any atom is -0.322 e. The Morgan fingerprint density at radius 2 is 0.889 bits per heavy atom. The summed E-state index contributed by atoms with van der Waals surface area (Å²) in [6.07, 6.45) is 0. The molecule has 7 aromatic rings. The maximum Gasteiger partial charge on any atom is 0.242 e. The Morgan fingerprint density at radius 1 is 0.467 bits per heavy atom. The predicted octanol–water partition coefficient (Wildman–Crippen LogP) is 9.05. The first kappa shape index (κ1) is 28.7. The van der Waals surface area contributed by atoms with Crippen LogP contribution in [-0.2, 0) is 10.0 Å². The molecule has 4 nitrogen and oxygen atoms in total. The molecule has 0 aliphatic rings. The molecule has 0 aliphatic carbocycles. The van der Waals surface area contributed by atoms with Crippen LogP contribution in [-0.4, -0.2) is 8.42 Å². The van der Waals surface area contributed by atoms with Gasteiger partial charge in [-0.1, -0.05) is 164 Å². The van der Waals surface area contributed by atoms with E-state index >= 15 is 0 Å². The minimum atomic E-state index is -4.17. The summed E-state index contributed by atoms with van der Waals surface area (Å²) in [5.74, 6) is 0. The molecule has 0 bridgehead atoms. The van der Waals surface area contributed by atoms with Gasteiger partial charge in [0.1, 0.15) is 0 Å². The molecule has 0 heterocycles. The number of nitrogens with two attached hydrogens (primary N) is 1. The Bertz CT molecular complexity index is 2160. The van der Waals surface area contributed by atoms with Gasteiger partial charge in [0, 0.05) is 11.1 Å². The van der Waals surface area contributed by atoms with Gasteiger partial charge in [-0.05, 0) is 43.8 Å². The summed E-state index contributed by atoms with van der Waals surface area (Å²) < 4.78 is 33.1. The molecular weight excluding hydrogens is 573 g/mol. The van der Waals surface area contributed by atoms with Crippen LogP contribution in [0.4, 0.5) is 0 Å². The standard InChI is InChI=1S/C40H32N2O2S/c41-38(36-26-11-20-28-18-7-9-22-32(28)36)39(37-27-12-21-29-19-8-10-23-33(29)37)42-45(43,44)40-34(30-14-3-1-4-15-30)24-13-25-35(40)31-16-5-2-6-17-31/h1-27,38-39,42H,41H2/t38-,39-/m0/s1. The zero-order valence-corrected chi connectivity index (χ0v) is 25.4. The Balaban J connectivity index is 1.45. The Kier molecular flexibility index (Phi) is 7.74. The van der Waals surface area contributed by atoms with Gasteiger partial charge in [-0.25, -0.2) is 13.1 Å². The Labute approximate surface area is 263 Å². The Hall–Kier alpha value is -5.07. The zero-order valence-electron chi connectivity index (χ0n) is 24.5. The normalized spacial score (nSPS) is 13.1. The third-order valence-corrected chi connectivity index (χ3v) is 9.98. The first-order chi connectivity index (χ1) is 22.0. The number of fused-ring (bicyclic) bond motifs is 2. The summed E-state index contributed by atoms with van der Waals surface area (Å²) in [7, 11) is -4.17. The van der Waals surface area contributed by atoms with Crippen LogP contribution in [0.1, 0.15) is 23.2 Å². The molecule has 45 heavy (non-hydrogen) atoms. The van der Waals surface area contributed by atoms with Crippen molar-refractivity contribution in [1.82, 2.24) is 4.72 Å². The average Bonchev–Trinajstić information content (AvgIpc) is 3.10. The monoisotopic (exact) mass is 604 g/mol. The van der Waals surface area contributed by atoms with E-state index in [9.17, 15) is 8.42 Å². The smallest absolute Gasteiger partial charge is 0.242 e. The molecule has 0 radical (unpaired) electrons. The van der Waals surface area contributed by atoms with E-state index in [4.69, 9.17) is 5.73 Å². The molecule has 0 saturated carbocycles. The van der Waals surface area contributed by atoms with E-state index in [-0.39, 0.29) is 4.90 Å². The van der Waals surface area contributed by atoms with E-state index in [1.807, 2.05) is 164 Å². The fourth-order valence-electron chi connectivity index (χ4n) is 6.32. The summed E-state index contributed by atoms with van der Waals surface area (Å²) in [6, 6.07) is 51.5. The fraction of sp³-hybridized carbons (Fsp3) is 0.0500. The summed E-state index contributed by atoms with van der Waals surface area (Å²) in [5.41, 5.74) is 11.7. The van der Waals surface area contributed by atoms with Crippen molar-refractivity contribution in [2.75, 3.05) is 0 Å². The zero-order chi connectivity index (χ0) is 30.8. The van der Waals surface area contributed by atoms with Crippen LogP contribution in [0.2, 0.25) is 0 Å². The van der Waals surface area contributed by atoms with Crippen molar-refractivity contribution in [2.24, 2.45) is 5.73 Å². The molecule has 3 N–H and O–H groups in total. The lowest BCUT2D eigenvalue weighted by molar-refractivity contribution is 0.508. The highest BCUT2D eigenvalue weighted by molar-refractivity contribution is 7.89. The molecule has 5 heteroatoms. The van der Waals surface area contributed by atoms with Gasteiger partial charge >= 0.3 is 0 Å². The first-order valence-electron chi connectivity index (χ1n) is 15.0. The van der Waals surface area contributed by atoms with Gasteiger partial charge in [-0.15, -0.1) is 0 Å².